The maximum atomic E-state index is 12.1. The number of amides is 1. The average Bonchev–Trinajstić information content (AvgIpc) is 3.14. The summed E-state index contributed by atoms with van der Waals surface area (Å²) in [7, 11) is -1.46. The van der Waals surface area contributed by atoms with Crippen molar-refractivity contribution in [1.29, 1.82) is 0 Å². The van der Waals surface area contributed by atoms with Crippen molar-refractivity contribution in [1.82, 2.24) is 20.0 Å². The van der Waals surface area contributed by atoms with E-state index < -0.39 is 9.84 Å². The normalized spacial score (nSPS) is 11.5. The molecule has 0 fully saturated rings. The van der Waals surface area contributed by atoms with E-state index in [-0.39, 0.29) is 29.1 Å². The van der Waals surface area contributed by atoms with Crippen LogP contribution in [0.2, 0.25) is 0 Å². The molecule has 1 aromatic carbocycles. The quantitative estimate of drug-likeness (QED) is 0.715. The Balaban J connectivity index is 1.65. The second-order valence-electron chi connectivity index (χ2n) is 5.85. The Labute approximate surface area is 150 Å². The second kappa shape index (κ2) is 6.71. The largest absolute Gasteiger partial charge is 0.401 e. The lowest BCUT2D eigenvalue weighted by Gasteiger charge is -2.03. The first kappa shape index (κ1) is 17.8. The Morgan fingerprint density at radius 3 is 2.50 bits per heavy atom. The molecule has 0 aliphatic rings. The Morgan fingerprint density at radius 2 is 1.92 bits per heavy atom. The van der Waals surface area contributed by atoms with Crippen molar-refractivity contribution in [3.05, 3.63) is 41.6 Å². The number of hydrogen-bond donors (Lipinski definition) is 1. The van der Waals surface area contributed by atoms with E-state index >= 15 is 0 Å². The lowest BCUT2D eigenvalue weighted by molar-refractivity contribution is -0.115. The molecule has 0 unspecified atom stereocenters. The molecule has 26 heavy (non-hydrogen) atoms. The van der Waals surface area contributed by atoms with Gasteiger partial charge in [-0.2, -0.15) is 5.10 Å². The molecule has 136 valence electrons. The summed E-state index contributed by atoms with van der Waals surface area (Å²) in [6.07, 6.45) is 1.18. The number of carbonyl (C=O) groups excluding carboxylic acids is 1. The molecule has 0 aliphatic carbocycles. The van der Waals surface area contributed by atoms with Gasteiger partial charge >= 0.3 is 6.01 Å². The van der Waals surface area contributed by atoms with E-state index in [1.807, 2.05) is 6.92 Å². The summed E-state index contributed by atoms with van der Waals surface area (Å²) in [5, 5.41) is 14.4. The molecule has 1 amide bonds. The predicted octanol–water partition coefficient (Wildman–Crippen LogP) is 1.36. The molecule has 0 radical (unpaired) electrons. The molecule has 2 heterocycles. The number of aryl methyl sites for hydroxylation is 2. The van der Waals surface area contributed by atoms with Crippen LogP contribution in [-0.4, -0.2) is 40.6 Å². The fourth-order valence-corrected chi connectivity index (χ4v) is 2.88. The number of rotatable bonds is 5. The van der Waals surface area contributed by atoms with Gasteiger partial charge in [-0.25, -0.2) is 8.42 Å². The number of aromatic nitrogens is 4. The summed E-state index contributed by atoms with van der Waals surface area (Å²) in [5.74, 6) is -0.147. The Hall–Kier alpha value is -3.01. The molecule has 0 aliphatic heterocycles. The highest BCUT2D eigenvalue weighted by atomic mass is 32.2. The number of nitrogens with zero attached hydrogens (tertiary/aromatic N) is 4. The fraction of sp³-hybridized carbons (Fsp3) is 0.250. The van der Waals surface area contributed by atoms with Crippen LogP contribution in [0.25, 0.3) is 11.6 Å². The maximum Gasteiger partial charge on any atom is 0.322 e. The fourth-order valence-electron chi connectivity index (χ4n) is 2.25. The number of nitrogens with one attached hydrogen (secondary N) is 1. The molecule has 0 bridgehead atoms. The maximum absolute atomic E-state index is 12.1. The molecule has 3 rings (SSSR count). The van der Waals surface area contributed by atoms with Gasteiger partial charge in [0, 0.05) is 19.0 Å². The average molecular weight is 375 g/mol. The van der Waals surface area contributed by atoms with E-state index in [0.717, 1.165) is 11.9 Å². The van der Waals surface area contributed by atoms with Crippen LogP contribution < -0.4 is 5.32 Å². The van der Waals surface area contributed by atoms with Crippen LogP contribution in [0, 0.1) is 6.92 Å². The van der Waals surface area contributed by atoms with Crippen LogP contribution >= 0.6 is 0 Å². The van der Waals surface area contributed by atoms with Gasteiger partial charge in [-0.15, -0.1) is 5.10 Å². The monoisotopic (exact) mass is 375 g/mol. The van der Waals surface area contributed by atoms with Crippen molar-refractivity contribution >= 4 is 21.8 Å². The third-order valence-corrected chi connectivity index (χ3v) is 4.85. The van der Waals surface area contributed by atoms with Crippen LogP contribution in [0.3, 0.4) is 0 Å². The lowest BCUT2D eigenvalue weighted by atomic mass is 10.1. The lowest BCUT2D eigenvalue weighted by Crippen LogP contribution is -2.14. The minimum Gasteiger partial charge on any atom is -0.401 e. The summed E-state index contributed by atoms with van der Waals surface area (Å²) in [5.41, 5.74) is 2.12. The molecule has 2 aromatic heterocycles. The molecular formula is C16H17N5O4S. The van der Waals surface area contributed by atoms with E-state index in [1.54, 1.807) is 29.9 Å². The third kappa shape index (κ3) is 3.97. The molecule has 0 atom stereocenters. The van der Waals surface area contributed by atoms with Crippen LogP contribution in [0.4, 0.5) is 6.01 Å². The summed E-state index contributed by atoms with van der Waals surface area (Å²) >= 11 is 0. The van der Waals surface area contributed by atoms with Crippen molar-refractivity contribution in [2.45, 2.75) is 18.2 Å². The van der Waals surface area contributed by atoms with E-state index in [4.69, 9.17) is 4.42 Å². The van der Waals surface area contributed by atoms with Crippen molar-refractivity contribution in [2.75, 3.05) is 11.6 Å². The van der Waals surface area contributed by atoms with Crippen LogP contribution in [0.15, 0.2) is 39.6 Å². The van der Waals surface area contributed by atoms with Gasteiger partial charge in [0.25, 0.3) is 5.89 Å². The SMILES string of the molecule is Cc1cc(-c2nnc(NC(=O)Cc3ccc(S(C)(=O)=O)cc3)o2)nn1C. The minimum absolute atomic E-state index is 0.0268. The highest BCUT2D eigenvalue weighted by molar-refractivity contribution is 7.90. The van der Waals surface area contributed by atoms with Crippen LogP contribution in [-0.2, 0) is 28.1 Å². The smallest absolute Gasteiger partial charge is 0.322 e. The summed E-state index contributed by atoms with van der Waals surface area (Å²) in [6, 6.07) is 7.87. The van der Waals surface area contributed by atoms with Crippen molar-refractivity contribution < 1.29 is 17.6 Å². The molecule has 10 heteroatoms. The molecule has 3 aromatic rings. The van der Waals surface area contributed by atoms with Gasteiger partial charge in [-0.05, 0) is 30.7 Å². The minimum atomic E-state index is -3.26. The topological polar surface area (TPSA) is 120 Å². The van der Waals surface area contributed by atoms with Gasteiger partial charge < -0.3 is 4.42 Å². The van der Waals surface area contributed by atoms with Gasteiger partial charge in [-0.1, -0.05) is 17.2 Å². The summed E-state index contributed by atoms with van der Waals surface area (Å²) < 4.78 is 30.0. The Kier molecular flexibility index (Phi) is 4.60. The predicted molar refractivity (Wildman–Crippen MR) is 93.1 cm³/mol. The summed E-state index contributed by atoms with van der Waals surface area (Å²) in [4.78, 5) is 12.3. The number of anilines is 1. The van der Waals surface area contributed by atoms with Crippen molar-refractivity contribution in [2.24, 2.45) is 7.05 Å². The van der Waals surface area contributed by atoms with Crippen molar-refractivity contribution in [3.8, 4) is 11.6 Å². The van der Waals surface area contributed by atoms with Crippen LogP contribution in [0.5, 0.6) is 0 Å². The molecule has 0 saturated heterocycles. The number of benzene rings is 1. The Morgan fingerprint density at radius 1 is 1.23 bits per heavy atom. The number of hydrogen-bond acceptors (Lipinski definition) is 7. The van der Waals surface area contributed by atoms with Gasteiger partial charge in [-0.3, -0.25) is 14.8 Å². The van der Waals surface area contributed by atoms with E-state index in [0.29, 0.717) is 11.3 Å². The van der Waals surface area contributed by atoms with Gasteiger partial charge in [0.1, 0.15) is 5.69 Å². The van der Waals surface area contributed by atoms with E-state index in [2.05, 4.69) is 20.6 Å². The highest BCUT2D eigenvalue weighted by Crippen LogP contribution is 2.19. The zero-order valence-electron chi connectivity index (χ0n) is 14.4. The van der Waals surface area contributed by atoms with Crippen LogP contribution in [0.1, 0.15) is 11.3 Å². The Bertz CT molecular complexity index is 1030. The first-order valence-corrected chi connectivity index (χ1v) is 9.55. The molecule has 0 saturated carbocycles. The second-order valence-corrected chi connectivity index (χ2v) is 7.86. The standard InChI is InChI=1S/C16H17N5O4S/c1-10-8-13(20-21(10)2)15-18-19-16(25-15)17-14(22)9-11-4-6-12(7-5-11)26(3,23)24/h4-8H,9H2,1-3H3,(H,17,19,22). The highest BCUT2D eigenvalue weighted by Gasteiger charge is 2.15. The van der Waals surface area contributed by atoms with Gasteiger partial charge in [0.2, 0.25) is 5.91 Å². The molecule has 0 spiro atoms. The molecule has 9 nitrogen and oxygen atoms in total. The number of sulfone groups is 1. The summed E-state index contributed by atoms with van der Waals surface area (Å²) in [6.45, 7) is 1.89. The third-order valence-electron chi connectivity index (χ3n) is 3.72. The van der Waals surface area contributed by atoms with Gasteiger partial charge in [0.15, 0.2) is 9.84 Å². The first-order chi connectivity index (χ1) is 12.2. The first-order valence-electron chi connectivity index (χ1n) is 7.66. The van der Waals surface area contributed by atoms with E-state index in [9.17, 15) is 13.2 Å². The zero-order chi connectivity index (χ0) is 18.9. The molecular weight excluding hydrogens is 358 g/mol. The zero-order valence-corrected chi connectivity index (χ0v) is 15.2. The van der Waals surface area contributed by atoms with Gasteiger partial charge in [0.05, 0.1) is 11.3 Å². The van der Waals surface area contributed by atoms with E-state index in [1.165, 1.54) is 12.1 Å². The van der Waals surface area contributed by atoms with Crippen molar-refractivity contribution in [3.63, 3.8) is 0 Å². The molecule has 1 N–H and O–H groups in total. The number of carbonyl (C=O) groups is 1.